The van der Waals surface area contributed by atoms with Crippen molar-refractivity contribution in [3.05, 3.63) is 17.1 Å². The summed E-state index contributed by atoms with van der Waals surface area (Å²) in [6.45, 7) is 8.89. The van der Waals surface area contributed by atoms with E-state index in [0.717, 1.165) is 42.4 Å². The first-order valence-electron chi connectivity index (χ1n) is 8.08. The van der Waals surface area contributed by atoms with Crippen molar-refractivity contribution in [2.75, 3.05) is 30.4 Å². The van der Waals surface area contributed by atoms with E-state index in [9.17, 15) is 4.79 Å². The van der Waals surface area contributed by atoms with Crippen molar-refractivity contribution in [2.24, 2.45) is 0 Å². The topological polar surface area (TPSA) is 58.6 Å². The van der Waals surface area contributed by atoms with E-state index in [0.29, 0.717) is 13.1 Å². The van der Waals surface area contributed by atoms with Crippen LogP contribution in [0, 0.1) is 6.92 Å². The second-order valence-corrected chi connectivity index (χ2v) is 6.65. The van der Waals surface area contributed by atoms with Crippen molar-refractivity contribution >= 4 is 23.3 Å². The van der Waals surface area contributed by atoms with Crippen LogP contribution in [0.5, 0.6) is 0 Å². The van der Waals surface area contributed by atoms with E-state index in [-0.39, 0.29) is 24.0 Å². The molecule has 2 atom stereocenters. The van der Waals surface area contributed by atoms with Gasteiger partial charge in [-0.2, -0.15) is 0 Å². The maximum atomic E-state index is 12.0. The van der Waals surface area contributed by atoms with Gasteiger partial charge in [-0.1, -0.05) is 0 Å². The number of hydrogen-bond donors (Lipinski definition) is 0. The first kappa shape index (κ1) is 16.5. The number of anilines is 1. The Balaban J connectivity index is 1.94. The van der Waals surface area contributed by atoms with Crippen molar-refractivity contribution in [1.82, 2.24) is 14.9 Å². The minimum absolute atomic E-state index is 0.0169. The number of aromatic nitrogens is 2. The predicted molar refractivity (Wildman–Crippen MR) is 88.8 cm³/mol. The quantitative estimate of drug-likeness (QED) is 0.765. The van der Waals surface area contributed by atoms with Crippen LogP contribution in [-0.4, -0.2) is 58.5 Å². The van der Waals surface area contributed by atoms with Gasteiger partial charge in [-0.3, -0.25) is 4.79 Å². The molecule has 0 N–H and O–H groups in total. The third kappa shape index (κ3) is 3.43. The fourth-order valence-corrected chi connectivity index (χ4v) is 3.60. The molecule has 6 nitrogen and oxygen atoms in total. The molecule has 1 aromatic rings. The minimum Gasteiger partial charge on any atom is -0.372 e. The van der Waals surface area contributed by atoms with E-state index < -0.39 is 0 Å². The van der Waals surface area contributed by atoms with Crippen LogP contribution in [0.15, 0.2) is 0 Å². The molecule has 23 heavy (non-hydrogen) atoms. The molecule has 0 aliphatic carbocycles. The lowest BCUT2D eigenvalue weighted by atomic mass is 10.0. The fraction of sp³-hybridized carbons (Fsp3) is 0.688. The van der Waals surface area contributed by atoms with E-state index in [1.807, 2.05) is 6.92 Å². The Morgan fingerprint density at radius 2 is 2.00 bits per heavy atom. The molecule has 0 unspecified atom stereocenters. The number of rotatable bonds is 2. The monoisotopic (exact) mass is 338 g/mol. The summed E-state index contributed by atoms with van der Waals surface area (Å²) in [5.41, 5.74) is 2.11. The number of carbonyl (C=O) groups excluding carboxylic acids is 1. The molecule has 0 bridgehead atoms. The molecule has 7 heteroatoms. The van der Waals surface area contributed by atoms with Crippen molar-refractivity contribution in [1.29, 1.82) is 0 Å². The zero-order valence-corrected chi connectivity index (χ0v) is 14.6. The molecule has 1 fully saturated rings. The Morgan fingerprint density at radius 3 is 2.65 bits per heavy atom. The van der Waals surface area contributed by atoms with Crippen LogP contribution in [0.25, 0.3) is 0 Å². The molecular formula is C16H23ClN4O2. The number of aryl methyl sites for hydroxylation is 1. The highest BCUT2D eigenvalue weighted by atomic mass is 35.5. The molecule has 0 saturated carbocycles. The van der Waals surface area contributed by atoms with Crippen molar-refractivity contribution in [2.45, 2.75) is 45.9 Å². The number of hydrogen-bond acceptors (Lipinski definition) is 5. The summed E-state index contributed by atoms with van der Waals surface area (Å²) in [4.78, 5) is 25.3. The highest BCUT2D eigenvalue weighted by molar-refractivity contribution is 6.27. The van der Waals surface area contributed by atoms with Crippen LogP contribution >= 0.6 is 11.6 Å². The number of nitrogens with zero attached hydrogens (tertiary/aromatic N) is 4. The van der Waals surface area contributed by atoms with Gasteiger partial charge in [-0.25, -0.2) is 9.97 Å². The average Bonchev–Trinajstić information content (AvgIpc) is 2.52. The van der Waals surface area contributed by atoms with Crippen molar-refractivity contribution in [3.8, 4) is 0 Å². The van der Waals surface area contributed by atoms with Gasteiger partial charge in [0.15, 0.2) is 0 Å². The van der Waals surface area contributed by atoms with Gasteiger partial charge < -0.3 is 14.5 Å². The summed E-state index contributed by atoms with van der Waals surface area (Å²) in [5, 5.41) is 0. The second kappa shape index (κ2) is 6.61. The molecule has 1 saturated heterocycles. The van der Waals surface area contributed by atoms with E-state index in [1.54, 1.807) is 4.90 Å². The zero-order chi connectivity index (χ0) is 16.6. The molecular weight excluding hydrogens is 316 g/mol. The van der Waals surface area contributed by atoms with Crippen LogP contribution in [-0.2, 0) is 22.5 Å². The fourth-order valence-electron chi connectivity index (χ4n) is 3.43. The van der Waals surface area contributed by atoms with Crippen LogP contribution in [0.3, 0.4) is 0 Å². The summed E-state index contributed by atoms with van der Waals surface area (Å²) in [6, 6.07) is 0. The highest BCUT2D eigenvalue weighted by Gasteiger charge is 2.30. The summed E-state index contributed by atoms with van der Waals surface area (Å²) in [6.07, 6.45) is 1.08. The number of fused-ring (bicyclic) bond motifs is 1. The number of amides is 1. The standard InChI is InChI=1S/C16H23ClN4O2/c1-10-7-21(8-11(2)23-10)16-13-9-20(15(22)6-17)5-4-14(13)18-12(3)19-16/h10-11H,4-9H2,1-3H3/t10-,11-/m1/s1. The smallest absolute Gasteiger partial charge is 0.237 e. The Kier molecular flexibility index (Phi) is 4.73. The Bertz CT molecular complexity index is 600. The third-order valence-corrected chi connectivity index (χ3v) is 4.57. The van der Waals surface area contributed by atoms with Gasteiger partial charge in [-0.15, -0.1) is 11.6 Å². The van der Waals surface area contributed by atoms with Crippen LogP contribution in [0.4, 0.5) is 5.82 Å². The van der Waals surface area contributed by atoms with E-state index >= 15 is 0 Å². The molecule has 1 aromatic heterocycles. The number of alkyl halides is 1. The average molecular weight is 339 g/mol. The summed E-state index contributed by atoms with van der Waals surface area (Å²) in [7, 11) is 0. The minimum atomic E-state index is -0.0347. The second-order valence-electron chi connectivity index (χ2n) is 6.38. The Morgan fingerprint density at radius 1 is 1.30 bits per heavy atom. The summed E-state index contributed by atoms with van der Waals surface area (Å²) >= 11 is 5.71. The van der Waals surface area contributed by atoms with Gasteiger partial charge in [0.25, 0.3) is 0 Å². The van der Waals surface area contributed by atoms with E-state index in [2.05, 4.69) is 28.7 Å². The normalized spacial score (nSPS) is 24.5. The number of carbonyl (C=O) groups is 1. The Labute approximate surface area is 141 Å². The van der Waals surface area contributed by atoms with E-state index in [1.165, 1.54) is 0 Å². The summed E-state index contributed by atoms with van der Waals surface area (Å²) in [5.74, 6) is 1.71. The summed E-state index contributed by atoms with van der Waals surface area (Å²) < 4.78 is 5.82. The van der Waals surface area contributed by atoms with Crippen molar-refractivity contribution < 1.29 is 9.53 Å². The lowest BCUT2D eigenvalue weighted by Gasteiger charge is -2.38. The number of halogens is 1. The van der Waals surface area contributed by atoms with Gasteiger partial charge in [-0.05, 0) is 20.8 Å². The molecule has 0 radical (unpaired) electrons. The zero-order valence-electron chi connectivity index (χ0n) is 13.9. The SMILES string of the molecule is Cc1nc2c(c(N3C[C@@H](C)O[C@H](C)C3)n1)CN(C(=O)CCl)CC2. The molecule has 3 rings (SSSR count). The third-order valence-electron chi connectivity index (χ3n) is 4.34. The van der Waals surface area contributed by atoms with Crippen LogP contribution in [0.1, 0.15) is 30.9 Å². The molecule has 1 amide bonds. The highest BCUT2D eigenvalue weighted by Crippen LogP contribution is 2.29. The van der Waals surface area contributed by atoms with Gasteiger partial charge >= 0.3 is 0 Å². The Hall–Kier alpha value is -1.40. The molecule has 2 aliphatic heterocycles. The number of morpholine rings is 1. The lowest BCUT2D eigenvalue weighted by Crippen LogP contribution is -2.47. The first-order chi connectivity index (χ1) is 11.0. The van der Waals surface area contributed by atoms with Crippen LogP contribution in [0.2, 0.25) is 0 Å². The maximum absolute atomic E-state index is 12.0. The molecule has 126 valence electrons. The first-order valence-corrected chi connectivity index (χ1v) is 8.62. The van der Waals surface area contributed by atoms with E-state index in [4.69, 9.17) is 16.3 Å². The molecule has 3 heterocycles. The predicted octanol–water partition coefficient (Wildman–Crippen LogP) is 1.52. The van der Waals surface area contributed by atoms with Gasteiger partial charge in [0.2, 0.25) is 5.91 Å². The largest absolute Gasteiger partial charge is 0.372 e. The van der Waals surface area contributed by atoms with Gasteiger partial charge in [0, 0.05) is 31.6 Å². The molecule has 0 spiro atoms. The molecule has 0 aromatic carbocycles. The van der Waals surface area contributed by atoms with Crippen LogP contribution < -0.4 is 4.90 Å². The van der Waals surface area contributed by atoms with Gasteiger partial charge in [0.1, 0.15) is 17.5 Å². The van der Waals surface area contributed by atoms with Crippen molar-refractivity contribution in [3.63, 3.8) is 0 Å². The molecule has 2 aliphatic rings. The lowest BCUT2D eigenvalue weighted by molar-refractivity contribution is -0.129. The maximum Gasteiger partial charge on any atom is 0.237 e. The van der Waals surface area contributed by atoms with Gasteiger partial charge in [0.05, 0.1) is 24.4 Å². The number of ether oxygens (including phenoxy) is 1.